The Kier molecular flexibility index (Phi) is 4.86. The first kappa shape index (κ1) is 18.0. The van der Waals surface area contributed by atoms with Crippen LogP contribution in [0, 0.1) is 5.82 Å². The van der Waals surface area contributed by atoms with Crippen molar-refractivity contribution < 1.29 is 9.18 Å². The van der Waals surface area contributed by atoms with Gasteiger partial charge in [0.1, 0.15) is 5.82 Å². The summed E-state index contributed by atoms with van der Waals surface area (Å²) in [6.07, 6.45) is 3.74. The first-order valence-corrected chi connectivity index (χ1v) is 9.45. The summed E-state index contributed by atoms with van der Waals surface area (Å²) in [5.41, 5.74) is 0.262. The van der Waals surface area contributed by atoms with Crippen LogP contribution in [0.4, 0.5) is 4.39 Å². The number of fused-ring (bicyclic) bond motifs is 1. The van der Waals surface area contributed by atoms with Crippen LogP contribution in [0.15, 0.2) is 40.6 Å². The number of piperazine rings is 1. The minimum absolute atomic E-state index is 0.0206. The van der Waals surface area contributed by atoms with Gasteiger partial charge in [0.25, 0.3) is 0 Å². The Morgan fingerprint density at radius 1 is 1.26 bits per heavy atom. The van der Waals surface area contributed by atoms with E-state index in [4.69, 9.17) is 11.6 Å². The fourth-order valence-electron chi connectivity index (χ4n) is 3.59. The van der Waals surface area contributed by atoms with Crippen molar-refractivity contribution in [3.8, 4) is 0 Å². The van der Waals surface area contributed by atoms with Crippen LogP contribution in [0.3, 0.4) is 0 Å². The Labute approximate surface area is 162 Å². The van der Waals surface area contributed by atoms with Gasteiger partial charge in [-0.05, 0) is 19.1 Å². The lowest BCUT2D eigenvalue weighted by Gasteiger charge is -2.38. The SMILES string of the molecule is C[C@H]1CN=C2C(N3CCN(C(=O)Cc4c(F)cccc4Cl)CC3)=NC=CN21. The fourth-order valence-corrected chi connectivity index (χ4v) is 3.82. The van der Waals surface area contributed by atoms with E-state index in [0.29, 0.717) is 37.2 Å². The molecule has 0 aliphatic carbocycles. The lowest BCUT2D eigenvalue weighted by molar-refractivity contribution is -0.131. The second-order valence-corrected chi connectivity index (χ2v) is 7.32. The van der Waals surface area contributed by atoms with Crippen molar-refractivity contribution in [1.82, 2.24) is 14.7 Å². The maximum Gasteiger partial charge on any atom is 0.227 e. The molecule has 3 heterocycles. The second-order valence-electron chi connectivity index (χ2n) is 6.92. The first-order valence-electron chi connectivity index (χ1n) is 9.08. The molecule has 0 bridgehead atoms. The smallest absolute Gasteiger partial charge is 0.227 e. The Balaban J connectivity index is 1.39. The third kappa shape index (κ3) is 3.43. The molecule has 0 N–H and O–H groups in total. The number of rotatable bonds is 2. The number of hydrogen-bond donors (Lipinski definition) is 0. The van der Waals surface area contributed by atoms with Gasteiger partial charge in [-0.25, -0.2) is 9.38 Å². The summed E-state index contributed by atoms with van der Waals surface area (Å²) in [5, 5.41) is 0.291. The molecule has 1 fully saturated rings. The molecule has 0 spiro atoms. The molecule has 1 aromatic carbocycles. The van der Waals surface area contributed by atoms with E-state index in [-0.39, 0.29) is 17.9 Å². The standard InChI is InChI=1S/C19H21ClFN5O/c1-13-12-23-19-18(22-5-6-26(13)19)25-9-7-24(8-10-25)17(27)11-14-15(20)3-2-4-16(14)21/h2-6,13H,7-12H2,1H3/t13-/m0/s1. The molecule has 142 valence electrons. The van der Waals surface area contributed by atoms with Gasteiger partial charge in [-0.2, -0.15) is 0 Å². The normalized spacial score (nSPS) is 21.9. The number of carbonyl (C=O) groups excluding carboxylic acids is 1. The second kappa shape index (κ2) is 7.31. The van der Waals surface area contributed by atoms with Gasteiger partial charge in [0.05, 0.1) is 19.0 Å². The number of aliphatic imine (C=N–C) groups is 2. The van der Waals surface area contributed by atoms with Gasteiger partial charge in [0.15, 0.2) is 11.7 Å². The zero-order valence-corrected chi connectivity index (χ0v) is 15.9. The van der Waals surface area contributed by atoms with E-state index in [2.05, 4.69) is 26.7 Å². The van der Waals surface area contributed by atoms with Crippen LogP contribution in [-0.4, -0.2) is 71.0 Å². The van der Waals surface area contributed by atoms with Crippen LogP contribution in [0.2, 0.25) is 5.02 Å². The van der Waals surface area contributed by atoms with Crippen LogP contribution in [0.25, 0.3) is 0 Å². The van der Waals surface area contributed by atoms with Crippen molar-refractivity contribution in [3.63, 3.8) is 0 Å². The van der Waals surface area contributed by atoms with E-state index < -0.39 is 5.82 Å². The molecule has 3 aliphatic heterocycles. The molecule has 1 amide bonds. The molecule has 1 saturated heterocycles. The van der Waals surface area contributed by atoms with Crippen molar-refractivity contribution in [1.29, 1.82) is 0 Å². The van der Waals surface area contributed by atoms with Crippen molar-refractivity contribution in [3.05, 3.63) is 47.0 Å². The highest BCUT2D eigenvalue weighted by Crippen LogP contribution is 2.21. The van der Waals surface area contributed by atoms with Gasteiger partial charge < -0.3 is 14.7 Å². The molecular formula is C19H21ClFN5O. The summed E-state index contributed by atoms with van der Waals surface area (Å²) in [5.74, 6) is 1.22. The van der Waals surface area contributed by atoms with Crippen LogP contribution in [0.5, 0.6) is 0 Å². The first-order chi connectivity index (χ1) is 13.0. The molecule has 0 radical (unpaired) electrons. The Morgan fingerprint density at radius 3 is 2.78 bits per heavy atom. The van der Waals surface area contributed by atoms with Crippen molar-refractivity contribution in [2.75, 3.05) is 32.7 Å². The van der Waals surface area contributed by atoms with E-state index in [1.54, 1.807) is 23.2 Å². The minimum Gasteiger partial charge on any atom is -0.350 e. The summed E-state index contributed by atoms with van der Waals surface area (Å²) < 4.78 is 13.9. The molecule has 0 saturated carbocycles. The highest BCUT2D eigenvalue weighted by molar-refractivity contribution is 6.41. The molecule has 27 heavy (non-hydrogen) atoms. The summed E-state index contributed by atoms with van der Waals surface area (Å²) in [4.78, 5) is 27.8. The van der Waals surface area contributed by atoms with E-state index >= 15 is 0 Å². The molecule has 4 rings (SSSR count). The zero-order chi connectivity index (χ0) is 19.0. The van der Waals surface area contributed by atoms with Crippen molar-refractivity contribution >= 4 is 29.2 Å². The Hall–Kier alpha value is -2.41. The summed E-state index contributed by atoms with van der Waals surface area (Å²) in [6.45, 7) is 5.37. The lowest BCUT2D eigenvalue weighted by atomic mass is 10.1. The van der Waals surface area contributed by atoms with Gasteiger partial charge in [-0.15, -0.1) is 0 Å². The van der Waals surface area contributed by atoms with Gasteiger partial charge >= 0.3 is 0 Å². The van der Waals surface area contributed by atoms with E-state index in [9.17, 15) is 9.18 Å². The Morgan fingerprint density at radius 2 is 2.04 bits per heavy atom. The number of nitrogens with zero attached hydrogens (tertiary/aromatic N) is 5. The Bertz CT molecular complexity index is 824. The van der Waals surface area contributed by atoms with Gasteiger partial charge in [0, 0.05) is 49.2 Å². The van der Waals surface area contributed by atoms with Gasteiger partial charge in [0.2, 0.25) is 5.91 Å². The molecule has 8 heteroatoms. The third-order valence-corrected chi connectivity index (χ3v) is 5.52. The molecule has 0 aromatic heterocycles. The monoisotopic (exact) mass is 389 g/mol. The quantitative estimate of drug-likeness (QED) is 0.778. The van der Waals surface area contributed by atoms with E-state index in [0.717, 1.165) is 18.2 Å². The van der Waals surface area contributed by atoms with Gasteiger partial charge in [-0.1, -0.05) is 17.7 Å². The minimum atomic E-state index is -0.439. The predicted octanol–water partition coefficient (Wildman–Crippen LogP) is 2.15. The molecule has 3 aliphatic rings. The topological polar surface area (TPSA) is 51.5 Å². The third-order valence-electron chi connectivity index (χ3n) is 5.17. The van der Waals surface area contributed by atoms with Gasteiger partial charge in [-0.3, -0.25) is 9.79 Å². The van der Waals surface area contributed by atoms with E-state index in [1.165, 1.54) is 6.07 Å². The molecule has 1 aromatic rings. The maximum atomic E-state index is 13.9. The number of halogens is 2. The maximum absolute atomic E-state index is 13.9. The lowest BCUT2D eigenvalue weighted by Crippen LogP contribution is -2.54. The number of carbonyl (C=O) groups is 1. The fraction of sp³-hybridized carbons (Fsp3) is 0.421. The molecule has 6 nitrogen and oxygen atoms in total. The van der Waals surface area contributed by atoms with Crippen LogP contribution >= 0.6 is 11.6 Å². The molecular weight excluding hydrogens is 369 g/mol. The van der Waals surface area contributed by atoms with Crippen LogP contribution in [0.1, 0.15) is 12.5 Å². The molecule has 0 unspecified atom stereocenters. The highest BCUT2D eigenvalue weighted by atomic mass is 35.5. The van der Waals surface area contributed by atoms with Crippen LogP contribution in [-0.2, 0) is 11.2 Å². The van der Waals surface area contributed by atoms with Crippen LogP contribution < -0.4 is 0 Å². The largest absolute Gasteiger partial charge is 0.350 e. The summed E-state index contributed by atoms with van der Waals surface area (Å²) in [7, 11) is 0. The summed E-state index contributed by atoms with van der Waals surface area (Å²) in [6, 6.07) is 4.82. The van der Waals surface area contributed by atoms with Crippen molar-refractivity contribution in [2.45, 2.75) is 19.4 Å². The predicted molar refractivity (Wildman–Crippen MR) is 103 cm³/mol. The summed E-state index contributed by atoms with van der Waals surface area (Å²) >= 11 is 6.04. The van der Waals surface area contributed by atoms with Crippen molar-refractivity contribution in [2.24, 2.45) is 9.98 Å². The van der Waals surface area contributed by atoms with E-state index in [1.807, 2.05) is 6.20 Å². The number of amidine groups is 2. The number of benzene rings is 1. The zero-order valence-electron chi connectivity index (χ0n) is 15.1. The number of amides is 1. The highest BCUT2D eigenvalue weighted by Gasteiger charge is 2.33. The average molecular weight is 390 g/mol. The number of hydrogen-bond acceptors (Lipinski definition) is 5. The molecule has 1 atom stereocenters. The average Bonchev–Trinajstić information content (AvgIpc) is 3.06.